The fourth-order valence-electron chi connectivity index (χ4n) is 1.47. The van der Waals surface area contributed by atoms with Crippen LogP contribution in [-0.2, 0) is 24.3 Å². The molecule has 1 saturated heterocycles. The first-order valence-electron chi connectivity index (χ1n) is 5.65. The number of nitrogens with zero attached hydrogens (tertiary/aromatic N) is 2. The summed E-state index contributed by atoms with van der Waals surface area (Å²) >= 11 is 0. The van der Waals surface area contributed by atoms with Crippen LogP contribution in [0.1, 0.15) is 0 Å². The van der Waals surface area contributed by atoms with E-state index < -0.39 is 16.1 Å². The topological polar surface area (TPSA) is 76.2 Å². The number of amides is 1. The Hall–Kier alpha value is -0.700. The third-order valence-corrected chi connectivity index (χ3v) is 3.88. The van der Waals surface area contributed by atoms with Gasteiger partial charge in [-0.25, -0.2) is 8.42 Å². The first kappa shape index (κ1) is 15.4. The van der Waals surface area contributed by atoms with Gasteiger partial charge in [-0.15, -0.1) is 0 Å². The maximum Gasteiger partial charge on any atom is 0.248 e. The molecule has 18 heavy (non-hydrogen) atoms. The van der Waals surface area contributed by atoms with Crippen molar-refractivity contribution in [3.8, 4) is 0 Å². The number of sulfonamides is 1. The van der Waals surface area contributed by atoms with Crippen molar-refractivity contribution in [3.63, 3.8) is 0 Å². The minimum Gasteiger partial charge on any atom is -0.377 e. The number of hydrogen-bond donors (Lipinski definition) is 0. The van der Waals surface area contributed by atoms with Gasteiger partial charge in [0.1, 0.15) is 6.61 Å². The van der Waals surface area contributed by atoms with Gasteiger partial charge in [0.15, 0.2) is 0 Å². The van der Waals surface area contributed by atoms with Crippen LogP contribution in [0, 0.1) is 0 Å². The van der Waals surface area contributed by atoms with Gasteiger partial charge in [0.25, 0.3) is 0 Å². The van der Waals surface area contributed by atoms with Crippen LogP contribution in [0.3, 0.4) is 0 Å². The summed E-state index contributed by atoms with van der Waals surface area (Å²) in [6.45, 7) is 1.11. The Morgan fingerprint density at radius 2 is 2.17 bits per heavy atom. The molecule has 1 aliphatic rings. The minimum absolute atomic E-state index is 0.0708. The number of rotatable bonds is 4. The summed E-state index contributed by atoms with van der Waals surface area (Å²) in [4.78, 5) is 12.8. The first-order valence-corrected chi connectivity index (χ1v) is 7.50. The summed E-state index contributed by atoms with van der Waals surface area (Å²) < 4.78 is 34.9. The normalized spacial score (nSPS) is 22.5. The Morgan fingerprint density at radius 3 is 2.72 bits per heavy atom. The van der Waals surface area contributed by atoms with Crippen molar-refractivity contribution in [2.24, 2.45) is 0 Å². The maximum absolute atomic E-state index is 11.5. The maximum atomic E-state index is 11.5. The summed E-state index contributed by atoms with van der Waals surface area (Å²) in [6, 6.07) is 0. The van der Waals surface area contributed by atoms with E-state index in [4.69, 9.17) is 9.47 Å². The molecule has 7 nitrogen and oxygen atoms in total. The van der Waals surface area contributed by atoms with Crippen molar-refractivity contribution < 1.29 is 22.7 Å². The molecule has 0 aromatic rings. The van der Waals surface area contributed by atoms with E-state index in [-0.39, 0.29) is 19.1 Å². The molecule has 0 radical (unpaired) electrons. The van der Waals surface area contributed by atoms with Crippen LogP contribution < -0.4 is 0 Å². The second kappa shape index (κ2) is 6.46. The van der Waals surface area contributed by atoms with E-state index >= 15 is 0 Å². The van der Waals surface area contributed by atoms with Crippen molar-refractivity contribution in [2.75, 3.05) is 53.3 Å². The highest BCUT2D eigenvalue weighted by Crippen LogP contribution is 2.07. The Labute approximate surface area is 108 Å². The van der Waals surface area contributed by atoms with E-state index in [1.165, 1.54) is 9.21 Å². The Morgan fingerprint density at radius 1 is 1.50 bits per heavy atom. The first-order chi connectivity index (χ1) is 8.30. The molecule has 1 rings (SSSR count). The Kier molecular flexibility index (Phi) is 5.51. The largest absolute Gasteiger partial charge is 0.377 e. The van der Waals surface area contributed by atoms with Gasteiger partial charge >= 0.3 is 0 Å². The fraction of sp³-hybridized carbons (Fsp3) is 0.900. The molecular formula is C10H20N2O5S. The molecule has 1 unspecified atom stereocenters. The van der Waals surface area contributed by atoms with Gasteiger partial charge in [-0.05, 0) is 0 Å². The summed E-state index contributed by atoms with van der Waals surface area (Å²) in [5, 5.41) is 0. The third kappa shape index (κ3) is 4.89. The van der Waals surface area contributed by atoms with E-state index in [0.717, 1.165) is 6.26 Å². The fourth-order valence-corrected chi connectivity index (χ4v) is 2.32. The predicted molar refractivity (Wildman–Crippen MR) is 65.7 cm³/mol. The van der Waals surface area contributed by atoms with E-state index in [0.29, 0.717) is 19.8 Å². The summed E-state index contributed by atoms with van der Waals surface area (Å²) in [5.41, 5.74) is 0. The molecule has 0 saturated carbocycles. The lowest BCUT2D eigenvalue weighted by Gasteiger charge is -2.21. The van der Waals surface area contributed by atoms with Crippen molar-refractivity contribution in [3.05, 3.63) is 0 Å². The lowest BCUT2D eigenvalue weighted by atomic mass is 10.4. The Bertz CT molecular complexity index is 382. The molecule has 1 heterocycles. The number of likely N-dealkylation sites (N-methyl/N-ethyl adjacent to an activating group) is 1. The number of hydrogen-bond acceptors (Lipinski definition) is 5. The molecule has 1 amide bonds. The highest BCUT2D eigenvalue weighted by atomic mass is 32.2. The molecule has 1 fully saturated rings. The quantitative estimate of drug-likeness (QED) is 0.643. The van der Waals surface area contributed by atoms with E-state index in [1.54, 1.807) is 14.1 Å². The van der Waals surface area contributed by atoms with Gasteiger partial charge in [0.05, 0.1) is 25.6 Å². The second-order valence-electron chi connectivity index (χ2n) is 4.42. The average molecular weight is 280 g/mol. The van der Waals surface area contributed by atoms with E-state index in [1.807, 2.05) is 0 Å². The van der Waals surface area contributed by atoms with E-state index in [9.17, 15) is 13.2 Å². The molecule has 8 heteroatoms. The van der Waals surface area contributed by atoms with Gasteiger partial charge in [0.2, 0.25) is 15.9 Å². The summed E-state index contributed by atoms with van der Waals surface area (Å²) in [6.07, 6.45) is 0.742. The molecule has 1 atom stereocenters. The lowest BCUT2D eigenvalue weighted by Crippen LogP contribution is -2.39. The van der Waals surface area contributed by atoms with Crippen LogP contribution >= 0.6 is 0 Å². The standard InChI is InChI=1S/C10H20N2O5S/c1-11(2)10(13)8-17-9-6-12(18(3,14)15)4-5-16-7-9/h9H,4-8H2,1-3H3. The monoisotopic (exact) mass is 280 g/mol. The van der Waals surface area contributed by atoms with Crippen molar-refractivity contribution >= 4 is 15.9 Å². The highest BCUT2D eigenvalue weighted by molar-refractivity contribution is 7.88. The zero-order valence-electron chi connectivity index (χ0n) is 11.0. The lowest BCUT2D eigenvalue weighted by molar-refractivity contribution is -0.136. The minimum atomic E-state index is -3.26. The smallest absolute Gasteiger partial charge is 0.248 e. The van der Waals surface area contributed by atoms with Gasteiger partial charge < -0.3 is 14.4 Å². The van der Waals surface area contributed by atoms with Gasteiger partial charge in [-0.1, -0.05) is 0 Å². The molecular weight excluding hydrogens is 260 g/mol. The van der Waals surface area contributed by atoms with Crippen molar-refractivity contribution in [1.29, 1.82) is 0 Å². The second-order valence-corrected chi connectivity index (χ2v) is 6.40. The zero-order chi connectivity index (χ0) is 13.8. The Balaban J connectivity index is 2.52. The molecule has 0 aliphatic carbocycles. The van der Waals surface area contributed by atoms with Crippen LogP contribution in [0.2, 0.25) is 0 Å². The molecule has 0 aromatic heterocycles. The third-order valence-electron chi connectivity index (χ3n) is 2.61. The molecule has 0 N–H and O–H groups in total. The van der Waals surface area contributed by atoms with Crippen LogP contribution in [-0.4, -0.2) is 82.9 Å². The SMILES string of the molecule is CN(C)C(=O)COC1COCCN(S(C)(=O)=O)C1. The molecule has 1 aliphatic heterocycles. The van der Waals surface area contributed by atoms with E-state index in [2.05, 4.69) is 0 Å². The zero-order valence-corrected chi connectivity index (χ0v) is 11.8. The predicted octanol–water partition coefficient (Wildman–Crippen LogP) is -1.25. The molecule has 0 spiro atoms. The number of ether oxygens (including phenoxy) is 2. The van der Waals surface area contributed by atoms with Gasteiger partial charge in [0, 0.05) is 27.2 Å². The highest BCUT2D eigenvalue weighted by Gasteiger charge is 2.25. The molecule has 106 valence electrons. The van der Waals surface area contributed by atoms with Gasteiger partial charge in [-0.2, -0.15) is 4.31 Å². The summed E-state index contributed by atoms with van der Waals surface area (Å²) in [5.74, 6) is -0.162. The van der Waals surface area contributed by atoms with Crippen LogP contribution in [0.25, 0.3) is 0 Å². The van der Waals surface area contributed by atoms with Crippen LogP contribution in [0.4, 0.5) is 0 Å². The van der Waals surface area contributed by atoms with Crippen LogP contribution in [0.5, 0.6) is 0 Å². The number of carbonyl (C=O) groups excluding carboxylic acids is 1. The number of carbonyl (C=O) groups is 1. The van der Waals surface area contributed by atoms with Crippen molar-refractivity contribution in [1.82, 2.24) is 9.21 Å². The van der Waals surface area contributed by atoms with Crippen molar-refractivity contribution in [2.45, 2.75) is 6.10 Å². The average Bonchev–Trinajstić information content (AvgIpc) is 2.50. The molecule has 0 bridgehead atoms. The van der Waals surface area contributed by atoms with Gasteiger partial charge in [-0.3, -0.25) is 4.79 Å². The molecule has 0 aromatic carbocycles. The van der Waals surface area contributed by atoms with Crippen LogP contribution in [0.15, 0.2) is 0 Å². The summed E-state index contributed by atoms with van der Waals surface area (Å²) in [7, 11) is 0.0150.